The first-order valence-corrected chi connectivity index (χ1v) is 11.0. The van der Waals surface area contributed by atoms with Crippen molar-refractivity contribution >= 4 is 76.6 Å². The van der Waals surface area contributed by atoms with Gasteiger partial charge in [-0.3, -0.25) is 4.79 Å². The molecule has 2 aromatic heterocycles. The Morgan fingerprint density at radius 1 is 1.28 bits per heavy atom. The van der Waals surface area contributed by atoms with Gasteiger partial charge in [0.05, 0.1) is 24.5 Å². The molecule has 2 aromatic rings. The Balaban J connectivity index is 1.38. The number of ether oxygens (including phenoxy) is 1. The zero-order chi connectivity index (χ0) is 17.6. The standard InChI is InChI=1S/C16H13Br2NO4S2/c17-13-10-6-11(24-12(10)14(18)25-13)16(21)23-19-8-1-2-9-7(5-8)3-4-22-15(9)20/h3-4,6-9,19H,1-2,5H2. The van der Waals surface area contributed by atoms with Crippen molar-refractivity contribution < 1.29 is 19.2 Å². The predicted molar refractivity (Wildman–Crippen MR) is 104 cm³/mol. The fraction of sp³-hybridized carbons (Fsp3) is 0.375. The van der Waals surface area contributed by atoms with Gasteiger partial charge in [-0.1, -0.05) is 0 Å². The van der Waals surface area contributed by atoms with Crippen molar-refractivity contribution in [1.82, 2.24) is 5.48 Å². The van der Waals surface area contributed by atoms with Crippen LogP contribution in [0.4, 0.5) is 0 Å². The van der Waals surface area contributed by atoms with Crippen molar-refractivity contribution in [2.24, 2.45) is 11.8 Å². The molecule has 9 heteroatoms. The maximum atomic E-state index is 12.3. The molecule has 1 N–H and O–H groups in total. The third kappa shape index (κ3) is 3.44. The third-order valence-electron chi connectivity index (χ3n) is 4.53. The molecule has 3 unspecified atom stereocenters. The number of allylic oxidation sites excluding steroid dienone is 1. The van der Waals surface area contributed by atoms with Gasteiger partial charge in [-0.05, 0) is 69.2 Å². The SMILES string of the molecule is O=C(ONC1CCC2C(=O)OC=CC2C1)c1cc2c(Br)sc(Br)c2s1. The molecular weight excluding hydrogens is 494 g/mol. The summed E-state index contributed by atoms with van der Waals surface area (Å²) in [5.74, 6) is -0.467. The van der Waals surface area contributed by atoms with Gasteiger partial charge in [0.2, 0.25) is 0 Å². The summed E-state index contributed by atoms with van der Waals surface area (Å²) in [5.41, 5.74) is 2.88. The molecule has 1 fully saturated rings. The molecule has 5 nitrogen and oxygen atoms in total. The minimum absolute atomic E-state index is 0.0414. The van der Waals surface area contributed by atoms with Crippen molar-refractivity contribution in [3.05, 3.63) is 30.9 Å². The number of hydrogen-bond acceptors (Lipinski definition) is 7. The molecule has 0 saturated heterocycles. The molecule has 25 heavy (non-hydrogen) atoms. The van der Waals surface area contributed by atoms with Gasteiger partial charge in [0.1, 0.15) is 4.88 Å². The fourth-order valence-electron chi connectivity index (χ4n) is 3.26. The fourth-order valence-corrected chi connectivity index (χ4v) is 7.60. The van der Waals surface area contributed by atoms with E-state index in [9.17, 15) is 9.59 Å². The zero-order valence-corrected chi connectivity index (χ0v) is 17.6. The number of esters is 1. The van der Waals surface area contributed by atoms with Gasteiger partial charge in [-0.25, -0.2) is 4.79 Å². The van der Waals surface area contributed by atoms with Crippen LogP contribution in [0.2, 0.25) is 0 Å². The average molecular weight is 507 g/mol. The number of hydroxylamine groups is 1. The molecule has 3 atom stereocenters. The van der Waals surface area contributed by atoms with E-state index < -0.39 is 0 Å². The van der Waals surface area contributed by atoms with Gasteiger partial charge in [-0.2, -0.15) is 0 Å². The molecule has 0 radical (unpaired) electrons. The summed E-state index contributed by atoms with van der Waals surface area (Å²) in [7, 11) is 0. The molecule has 1 aliphatic heterocycles. The van der Waals surface area contributed by atoms with Crippen LogP contribution < -0.4 is 5.48 Å². The lowest BCUT2D eigenvalue weighted by atomic mass is 9.76. The number of cyclic esters (lactones) is 1. The summed E-state index contributed by atoms with van der Waals surface area (Å²) >= 11 is 10.0. The van der Waals surface area contributed by atoms with E-state index in [2.05, 4.69) is 37.3 Å². The van der Waals surface area contributed by atoms with E-state index in [1.54, 1.807) is 11.3 Å². The van der Waals surface area contributed by atoms with Crippen LogP contribution in [0.25, 0.3) is 10.1 Å². The Kier molecular flexibility index (Phi) is 5.02. The second kappa shape index (κ2) is 7.11. The van der Waals surface area contributed by atoms with Crippen LogP contribution in [0.1, 0.15) is 28.9 Å². The predicted octanol–water partition coefficient (Wildman–Crippen LogP) is 5.00. The number of carbonyl (C=O) groups is 2. The normalized spacial score (nSPS) is 25.7. The van der Waals surface area contributed by atoms with E-state index in [4.69, 9.17) is 9.57 Å². The first-order valence-electron chi connectivity index (χ1n) is 7.74. The smallest absolute Gasteiger partial charge is 0.367 e. The molecule has 0 aromatic carbocycles. The lowest BCUT2D eigenvalue weighted by Crippen LogP contribution is -2.41. The van der Waals surface area contributed by atoms with Gasteiger partial charge in [-0.15, -0.1) is 28.2 Å². The number of fused-ring (bicyclic) bond motifs is 2. The number of hydrogen-bond donors (Lipinski definition) is 1. The van der Waals surface area contributed by atoms with Gasteiger partial charge < -0.3 is 9.57 Å². The molecule has 0 amide bonds. The Morgan fingerprint density at radius 2 is 2.12 bits per heavy atom. The van der Waals surface area contributed by atoms with Gasteiger partial charge in [0.15, 0.2) is 0 Å². The number of halogens is 2. The minimum atomic E-state index is -0.384. The highest BCUT2D eigenvalue weighted by molar-refractivity contribution is 9.12. The van der Waals surface area contributed by atoms with Crippen LogP contribution >= 0.6 is 54.5 Å². The van der Waals surface area contributed by atoms with Crippen LogP contribution in [0, 0.1) is 11.8 Å². The average Bonchev–Trinajstić information content (AvgIpc) is 3.15. The van der Waals surface area contributed by atoms with Gasteiger partial charge in [0.25, 0.3) is 0 Å². The minimum Gasteiger partial charge on any atom is -0.435 e. The number of rotatable bonds is 3. The Morgan fingerprint density at radius 3 is 2.92 bits per heavy atom. The van der Waals surface area contributed by atoms with Crippen molar-refractivity contribution in [1.29, 1.82) is 0 Å². The summed E-state index contributed by atoms with van der Waals surface area (Å²) in [6.07, 6.45) is 5.64. The largest absolute Gasteiger partial charge is 0.435 e. The summed E-state index contributed by atoms with van der Waals surface area (Å²) in [6, 6.07) is 1.88. The molecule has 0 bridgehead atoms. The molecule has 0 spiro atoms. The second-order valence-electron chi connectivity index (χ2n) is 6.06. The first kappa shape index (κ1) is 17.7. The monoisotopic (exact) mass is 505 g/mol. The first-order chi connectivity index (χ1) is 12.0. The van der Waals surface area contributed by atoms with Crippen LogP contribution in [0.3, 0.4) is 0 Å². The molecule has 132 valence electrons. The lowest BCUT2D eigenvalue weighted by Gasteiger charge is -2.34. The highest BCUT2D eigenvalue weighted by atomic mass is 79.9. The Bertz CT molecular complexity index is 840. The van der Waals surface area contributed by atoms with E-state index in [1.807, 2.05) is 12.1 Å². The van der Waals surface area contributed by atoms with Crippen molar-refractivity contribution in [3.63, 3.8) is 0 Å². The molecule has 3 heterocycles. The molecule has 1 saturated carbocycles. The topological polar surface area (TPSA) is 64.6 Å². The van der Waals surface area contributed by atoms with Crippen LogP contribution in [-0.4, -0.2) is 18.0 Å². The quantitative estimate of drug-likeness (QED) is 0.468. The summed E-state index contributed by atoms with van der Waals surface area (Å²) in [4.78, 5) is 29.9. The van der Waals surface area contributed by atoms with E-state index in [1.165, 1.54) is 17.6 Å². The van der Waals surface area contributed by atoms with Crippen molar-refractivity contribution in [2.45, 2.75) is 25.3 Å². The van der Waals surface area contributed by atoms with Gasteiger partial charge in [0, 0.05) is 11.4 Å². The molecular formula is C16H13Br2NO4S2. The van der Waals surface area contributed by atoms with Crippen LogP contribution in [0.15, 0.2) is 26.0 Å². The number of nitrogens with one attached hydrogen (secondary N) is 1. The maximum absolute atomic E-state index is 12.3. The van der Waals surface area contributed by atoms with E-state index >= 15 is 0 Å². The highest BCUT2D eigenvalue weighted by Gasteiger charge is 2.37. The third-order valence-corrected chi connectivity index (χ3v) is 8.63. The summed E-state index contributed by atoms with van der Waals surface area (Å²) < 4.78 is 7.98. The van der Waals surface area contributed by atoms with E-state index in [0.717, 1.165) is 36.9 Å². The highest BCUT2D eigenvalue weighted by Crippen LogP contribution is 2.43. The van der Waals surface area contributed by atoms with Crippen molar-refractivity contribution in [3.8, 4) is 0 Å². The molecule has 2 aliphatic rings. The van der Waals surface area contributed by atoms with E-state index in [0.29, 0.717) is 4.88 Å². The summed E-state index contributed by atoms with van der Waals surface area (Å²) in [6.45, 7) is 0. The zero-order valence-electron chi connectivity index (χ0n) is 12.8. The van der Waals surface area contributed by atoms with Crippen LogP contribution in [0.5, 0.6) is 0 Å². The lowest BCUT2D eigenvalue weighted by molar-refractivity contribution is -0.147. The maximum Gasteiger partial charge on any atom is 0.367 e. The Labute approximate surface area is 168 Å². The van der Waals surface area contributed by atoms with Crippen molar-refractivity contribution in [2.75, 3.05) is 0 Å². The van der Waals surface area contributed by atoms with E-state index in [-0.39, 0.29) is 29.8 Å². The second-order valence-corrected chi connectivity index (χ2v) is 10.8. The van der Waals surface area contributed by atoms with Gasteiger partial charge >= 0.3 is 11.9 Å². The Hall–Kier alpha value is -0.740. The van der Waals surface area contributed by atoms with Crippen LogP contribution in [-0.2, 0) is 14.4 Å². The number of thiophene rings is 2. The summed E-state index contributed by atoms with van der Waals surface area (Å²) in [5, 5.41) is 1.01. The number of carbonyl (C=O) groups excluding carboxylic acids is 2. The molecule has 1 aliphatic carbocycles. The molecule has 4 rings (SSSR count).